The molecule has 8 heteroatoms. The Labute approximate surface area is 214 Å². The fourth-order valence-electron chi connectivity index (χ4n) is 5.33. The number of furan rings is 1. The highest BCUT2D eigenvalue weighted by molar-refractivity contribution is 5.87. The zero-order valence-corrected chi connectivity index (χ0v) is 20.7. The van der Waals surface area contributed by atoms with Crippen molar-refractivity contribution in [2.45, 2.75) is 38.6 Å². The van der Waals surface area contributed by atoms with E-state index in [1.54, 1.807) is 12.5 Å². The highest BCUT2D eigenvalue weighted by Gasteiger charge is 2.35. The summed E-state index contributed by atoms with van der Waals surface area (Å²) in [7, 11) is 0. The van der Waals surface area contributed by atoms with Gasteiger partial charge in [-0.1, -0.05) is 6.07 Å². The summed E-state index contributed by atoms with van der Waals surface area (Å²) in [4.78, 5) is 29.1. The van der Waals surface area contributed by atoms with Gasteiger partial charge in [-0.25, -0.2) is 9.97 Å². The first-order valence-electron chi connectivity index (χ1n) is 13.0. The molecule has 8 nitrogen and oxygen atoms in total. The number of hydrogen-bond donors (Lipinski definition) is 1. The van der Waals surface area contributed by atoms with E-state index in [9.17, 15) is 4.79 Å². The molecule has 2 aliphatic rings. The lowest BCUT2D eigenvalue weighted by Crippen LogP contribution is -2.45. The van der Waals surface area contributed by atoms with Crippen LogP contribution in [0.3, 0.4) is 0 Å². The minimum absolute atomic E-state index is 0.136. The Kier molecular flexibility index (Phi) is 5.20. The molecular weight excluding hydrogens is 464 g/mol. The van der Waals surface area contributed by atoms with Crippen LogP contribution >= 0.6 is 0 Å². The van der Waals surface area contributed by atoms with E-state index >= 15 is 0 Å². The number of nitrogens with one attached hydrogen (secondary N) is 1. The summed E-state index contributed by atoms with van der Waals surface area (Å²) < 4.78 is 7.64. The van der Waals surface area contributed by atoms with Crippen LogP contribution in [0.1, 0.15) is 31.2 Å². The minimum atomic E-state index is 0.136. The third-order valence-electron chi connectivity index (χ3n) is 7.38. The molecule has 1 saturated carbocycles. The zero-order chi connectivity index (χ0) is 24.9. The third-order valence-corrected chi connectivity index (χ3v) is 7.38. The van der Waals surface area contributed by atoms with Crippen LogP contribution in [0, 0.1) is 12.8 Å². The van der Waals surface area contributed by atoms with E-state index < -0.39 is 0 Å². The lowest BCUT2D eigenvalue weighted by atomic mass is 10.1. The molecule has 186 valence electrons. The van der Waals surface area contributed by atoms with E-state index in [0.717, 1.165) is 77.0 Å². The Bertz CT molecular complexity index is 1630. The quantitative estimate of drug-likeness (QED) is 0.356. The molecule has 2 aromatic carbocycles. The van der Waals surface area contributed by atoms with E-state index in [4.69, 9.17) is 14.4 Å². The van der Waals surface area contributed by atoms with Gasteiger partial charge in [0.05, 0.1) is 17.3 Å². The van der Waals surface area contributed by atoms with Crippen LogP contribution in [0.5, 0.6) is 0 Å². The van der Waals surface area contributed by atoms with Crippen LogP contribution in [-0.4, -0.2) is 49.5 Å². The molecule has 1 aliphatic heterocycles. The Morgan fingerprint density at radius 2 is 1.97 bits per heavy atom. The van der Waals surface area contributed by atoms with Gasteiger partial charge in [-0.2, -0.15) is 4.98 Å². The van der Waals surface area contributed by atoms with Crippen molar-refractivity contribution in [3.8, 4) is 17.2 Å². The standard InChI is InChI=1S/C29H28N6O2/c1-18-4-8-23-24(15-18)35(27(32-23)21-7-9-25-20(16-21)11-14-37-25)26-10-12-30-29(33-26)31-22-3-2-13-34(17-22)28(36)19-5-6-19/h4,7-12,14-16,19,22H,2-3,5-6,13,17H2,1H3,(H,30,31,33)/t22-/m0/s1. The summed E-state index contributed by atoms with van der Waals surface area (Å²) in [5.74, 6) is 2.67. The van der Waals surface area contributed by atoms with E-state index in [-0.39, 0.29) is 12.0 Å². The average molecular weight is 493 g/mol. The van der Waals surface area contributed by atoms with Gasteiger partial charge in [0.25, 0.3) is 0 Å². The number of hydrogen-bond acceptors (Lipinski definition) is 6. The predicted molar refractivity (Wildman–Crippen MR) is 143 cm³/mol. The van der Waals surface area contributed by atoms with Gasteiger partial charge in [-0.3, -0.25) is 9.36 Å². The lowest BCUT2D eigenvalue weighted by molar-refractivity contribution is -0.133. The molecule has 0 unspecified atom stereocenters. The van der Waals surface area contributed by atoms with Crippen molar-refractivity contribution >= 4 is 33.9 Å². The van der Waals surface area contributed by atoms with Gasteiger partial charge in [0.2, 0.25) is 11.9 Å². The lowest BCUT2D eigenvalue weighted by Gasteiger charge is -2.33. The summed E-state index contributed by atoms with van der Waals surface area (Å²) >= 11 is 0. The number of carbonyl (C=O) groups is 1. The Morgan fingerprint density at radius 3 is 2.86 bits per heavy atom. The molecular formula is C29H28N6O2. The molecule has 1 N–H and O–H groups in total. The predicted octanol–water partition coefficient (Wildman–Crippen LogP) is 5.35. The van der Waals surface area contributed by atoms with Gasteiger partial charge in [0.1, 0.15) is 17.2 Å². The molecule has 2 fully saturated rings. The highest BCUT2D eigenvalue weighted by Crippen LogP contribution is 2.33. The van der Waals surface area contributed by atoms with E-state index in [1.165, 1.54) is 0 Å². The molecule has 37 heavy (non-hydrogen) atoms. The fourth-order valence-corrected chi connectivity index (χ4v) is 5.33. The molecule has 0 radical (unpaired) electrons. The first-order chi connectivity index (χ1) is 18.1. The van der Waals surface area contributed by atoms with Crippen molar-refractivity contribution in [2.24, 2.45) is 5.92 Å². The van der Waals surface area contributed by atoms with Crippen LogP contribution in [0.4, 0.5) is 5.95 Å². The monoisotopic (exact) mass is 492 g/mol. The minimum Gasteiger partial charge on any atom is -0.464 e. The molecule has 1 amide bonds. The zero-order valence-electron chi connectivity index (χ0n) is 20.7. The van der Waals surface area contributed by atoms with Gasteiger partial charge >= 0.3 is 0 Å². The number of rotatable bonds is 5. The fraction of sp³-hybridized carbons (Fsp3) is 0.310. The number of aryl methyl sites for hydroxylation is 1. The van der Waals surface area contributed by atoms with Crippen molar-refractivity contribution in [2.75, 3.05) is 18.4 Å². The molecule has 1 saturated heterocycles. The number of nitrogens with zero attached hydrogens (tertiary/aromatic N) is 5. The van der Waals surface area contributed by atoms with Gasteiger partial charge in [-0.15, -0.1) is 0 Å². The second kappa shape index (κ2) is 8.73. The molecule has 0 bridgehead atoms. The van der Waals surface area contributed by atoms with Crippen LogP contribution in [-0.2, 0) is 4.79 Å². The van der Waals surface area contributed by atoms with Crippen molar-refractivity contribution in [1.82, 2.24) is 24.4 Å². The summed E-state index contributed by atoms with van der Waals surface area (Å²) in [5.41, 5.74) is 4.88. The maximum absolute atomic E-state index is 12.6. The smallest absolute Gasteiger partial charge is 0.225 e. The number of anilines is 1. The number of imidazole rings is 1. The number of amides is 1. The molecule has 5 aromatic rings. The van der Waals surface area contributed by atoms with Gasteiger partial charge < -0.3 is 14.6 Å². The van der Waals surface area contributed by atoms with Crippen molar-refractivity contribution in [3.63, 3.8) is 0 Å². The topological polar surface area (TPSA) is 89.1 Å². The number of carbonyl (C=O) groups excluding carboxylic acids is 1. The number of piperidine rings is 1. The van der Waals surface area contributed by atoms with E-state index in [0.29, 0.717) is 18.4 Å². The highest BCUT2D eigenvalue weighted by atomic mass is 16.3. The Balaban J connectivity index is 1.25. The number of aromatic nitrogens is 4. The second-order valence-electron chi connectivity index (χ2n) is 10.2. The maximum atomic E-state index is 12.6. The van der Waals surface area contributed by atoms with Crippen molar-refractivity contribution in [1.29, 1.82) is 0 Å². The second-order valence-corrected chi connectivity index (χ2v) is 10.2. The summed E-state index contributed by atoms with van der Waals surface area (Å²) in [6.45, 7) is 3.63. The van der Waals surface area contributed by atoms with Crippen molar-refractivity contribution in [3.05, 3.63) is 66.6 Å². The Morgan fingerprint density at radius 1 is 1.05 bits per heavy atom. The summed E-state index contributed by atoms with van der Waals surface area (Å²) in [5, 5.41) is 4.53. The number of benzene rings is 2. The van der Waals surface area contributed by atoms with E-state index in [2.05, 4.69) is 46.1 Å². The maximum Gasteiger partial charge on any atom is 0.225 e. The number of likely N-dealkylation sites (tertiary alicyclic amines) is 1. The molecule has 3 aromatic heterocycles. The Hall–Kier alpha value is -4.20. The van der Waals surface area contributed by atoms with Crippen LogP contribution in [0.15, 0.2) is 65.4 Å². The van der Waals surface area contributed by atoms with Gasteiger partial charge in [0.15, 0.2) is 0 Å². The third kappa shape index (κ3) is 4.12. The van der Waals surface area contributed by atoms with Gasteiger partial charge in [0, 0.05) is 42.2 Å². The molecule has 1 atom stereocenters. The van der Waals surface area contributed by atoms with Crippen molar-refractivity contribution < 1.29 is 9.21 Å². The SMILES string of the molecule is Cc1ccc2nc(-c3ccc4occc4c3)n(-c3ccnc(N[C@H]4CCCN(C(=O)C5CC5)C4)n3)c2c1. The largest absolute Gasteiger partial charge is 0.464 e. The first-order valence-corrected chi connectivity index (χ1v) is 13.0. The van der Waals surface area contributed by atoms with Crippen LogP contribution < -0.4 is 5.32 Å². The van der Waals surface area contributed by atoms with Crippen LogP contribution in [0.2, 0.25) is 0 Å². The van der Waals surface area contributed by atoms with E-state index in [1.807, 2.05) is 29.2 Å². The van der Waals surface area contributed by atoms with Crippen LogP contribution in [0.25, 0.3) is 39.2 Å². The summed E-state index contributed by atoms with van der Waals surface area (Å²) in [6.07, 6.45) is 7.53. The number of fused-ring (bicyclic) bond motifs is 2. The van der Waals surface area contributed by atoms with Gasteiger partial charge in [-0.05, 0) is 80.6 Å². The normalized spacial score (nSPS) is 18.0. The molecule has 4 heterocycles. The first kappa shape index (κ1) is 22.0. The molecule has 1 aliphatic carbocycles. The average Bonchev–Trinajstić information content (AvgIpc) is 3.54. The molecule has 7 rings (SSSR count). The summed E-state index contributed by atoms with van der Waals surface area (Å²) in [6, 6.07) is 16.4. The molecule has 0 spiro atoms.